The van der Waals surface area contributed by atoms with Crippen molar-refractivity contribution in [1.29, 1.82) is 0 Å². The number of anilines is 1. The van der Waals surface area contributed by atoms with Gasteiger partial charge in [0.05, 0.1) is 5.69 Å². The molecule has 1 atom stereocenters. The number of benzene rings is 1. The third-order valence-electron chi connectivity index (χ3n) is 4.95. The van der Waals surface area contributed by atoms with E-state index >= 15 is 0 Å². The van der Waals surface area contributed by atoms with Crippen molar-refractivity contribution in [2.45, 2.75) is 57.3 Å². The van der Waals surface area contributed by atoms with Crippen LogP contribution in [0.5, 0.6) is 0 Å². The highest BCUT2D eigenvalue weighted by Gasteiger charge is 2.28. The van der Waals surface area contributed by atoms with E-state index in [1.54, 1.807) is 0 Å². The van der Waals surface area contributed by atoms with E-state index < -0.39 is 0 Å². The highest BCUT2D eigenvalue weighted by molar-refractivity contribution is 5.93. The highest BCUT2D eigenvalue weighted by Crippen LogP contribution is 2.40. The van der Waals surface area contributed by atoms with Gasteiger partial charge in [0, 0.05) is 6.42 Å². The number of rotatable bonds is 2. The minimum absolute atomic E-state index is 0.0450. The molecule has 1 unspecified atom stereocenters. The van der Waals surface area contributed by atoms with Gasteiger partial charge in [0.2, 0.25) is 5.91 Å². The maximum absolute atomic E-state index is 12.0. The Morgan fingerprint density at radius 1 is 1.10 bits per heavy atom. The smallest absolute Gasteiger partial charge is 0.241 e. The Hall–Kier alpha value is -1.35. The number of carbonyl (C=O) groups excluding carboxylic acids is 1. The molecule has 0 bridgehead atoms. The Labute approximate surface area is 121 Å². The number of nitrogens with zero attached hydrogens (tertiary/aromatic N) is 1. The topological polar surface area (TPSA) is 46.3 Å². The fourth-order valence-electron chi connectivity index (χ4n) is 3.83. The van der Waals surface area contributed by atoms with Crippen LogP contribution in [0.4, 0.5) is 5.69 Å². The molecule has 3 heteroatoms. The minimum Gasteiger partial charge on any atom is -0.273 e. The summed E-state index contributed by atoms with van der Waals surface area (Å²) in [4.78, 5) is 12.0. The molecule has 0 aromatic heterocycles. The summed E-state index contributed by atoms with van der Waals surface area (Å²) in [7, 11) is 0. The minimum atomic E-state index is 0.0450. The summed E-state index contributed by atoms with van der Waals surface area (Å²) in [5.41, 5.74) is 2.18. The summed E-state index contributed by atoms with van der Waals surface area (Å²) in [6.07, 6.45) is 9.60. The molecule has 1 amide bonds. The summed E-state index contributed by atoms with van der Waals surface area (Å²) in [6, 6.07) is 8.17. The van der Waals surface area contributed by atoms with Crippen LogP contribution in [0.25, 0.3) is 0 Å². The second-order valence-electron chi connectivity index (χ2n) is 6.30. The first-order chi connectivity index (χ1) is 9.75. The van der Waals surface area contributed by atoms with Crippen LogP contribution in [0, 0.1) is 5.92 Å². The fourth-order valence-corrected chi connectivity index (χ4v) is 3.83. The third-order valence-corrected chi connectivity index (χ3v) is 4.95. The van der Waals surface area contributed by atoms with Crippen molar-refractivity contribution in [2.75, 3.05) is 5.01 Å². The summed E-state index contributed by atoms with van der Waals surface area (Å²) in [5, 5.41) is 1.36. The van der Waals surface area contributed by atoms with Gasteiger partial charge in [-0.2, -0.15) is 0 Å². The molecular weight excluding hydrogens is 248 g/mol. The van der Waals surface area contributed by atoms with Crippen LogP contribution in [0.1, 0.15) is 62.8 Å². The van der Waals surface area contributed by atoms with Crippen molar-refractivity contribution in [1.82, 2.24) is 0 Å². The molecule has 1 aromatic carbocycles. The average Bonchev–Trinajstić information content (AvgIpc) is 2.61. The Morgan fingerprint density at radius 2 is 1.85 bits per heavy atom. The molecule has 108 valence electrons. The van der Waals surface area contributed by atoms with Crippen LogP contribution in [0.15, 0.2) is 24.3 Å². The Kier molecular flexibility index (Phi) is 4.06. The summed E-state index contributed by atoms with van der Waals surface area (Å²) < 4.78 is 0. The van der Waals surface area contributed by atoms with E-state index in [4.69, 9.17) is 5.84 Å². The molecule has 2 aliphatic rings. The zero-order chi connectivity index (χ0) is 13.9. The van der Waals surface area contributed by atoms with Gasteiger partial charge >= 0.3 is 0 Å². The van der Waals surface area contributed by atoms with Gasteiger partial charge in [-0.05, 0) is 36.3 Å². The first-order valence-electron chi connectivity index (χ1n) is 7.92. The molecule has 2 N–H and O–H groups in total. The SMILES string of the molecule is NN1C(=O)CCC(CC2CCCCC2)c2ccccc21. The zero-order valence-corrected chi connectivity index (χ0v) is 12.1. The highest BCUT2D eigenvalue weighted by atomic mass is 16.2. The number of carbonyl (C=O) groups is 1. The Bertz CT molecular complexity index is 480. The molecule has 1 aliphatic heterocycles. The predicted molar refractivity (Wildman–Crippen MR) is 81.3 cm³/mol. The normalized spacial score (nSPS) is 24.4. The summed E-state index contributed by atoms with van der Waals surface area (Å²) in [6.45, 7) is 0. The molecule has 3 rings (SSSR count). The maximum Gasteiger partial charge on any atom is 0.241 e. The predicted octanol–water partition coefficient (Wildman–Crippen LogP) is 3.74. The van der Waals surface area contributed by atoms with Crippen LogP contribution in [0.3, 0.4) is 0 Å². The molecule has 1 heterocycles. The lowest BCUT2D eigenvalue weighted by Gasteiger charge is -2.27. The van der Waals surface area contributed by atoms with Gasteiger partial charge in [-0.1, -0.05) is 50.3 Å². The Balaban J connectivity index is 1.83. The molecule has 1 aliphatic carbocycles. The third kappa shape index (κ3) is 2.73. The molecule has 1 aromatic rings. The van der Waals surface area contributed by atoms with Gasteiger partial charge in [0.1, 0.15) is 0 Å². The lowest BCUT2D eigenvalue weighted by Crippen LogP contribution is -2.36. The van der Waals surface area contributed by atoms with Gasteiger partial charge in [-0.3, -0.25) is 4.79 Å². The van der Waals surface area contributed by atoms with Crippen molar-refractivity contribution in [3.05, 3.63) is 29.8 Å². The van der Waals surface area contributed by atoms with Crippen molar-refractivity contribution >= 4 is 11.6 Å². The van der Waals surface area contributed by atoms with Crippen molar-refractivity contribution in [3.8, 4) is 0 Å². The zero-order valence-electron chi connectivity index (χ0n) is 12.1. The first kappa shape index (κ1) is 13.6. The van der Waals surface area contributed by atoms with Crippen LogP contribution >= 0.6 is 0 Å². The Morgan fingerprint density at radius 3 is 2.65 bits per heavy atom. The largest absolute Gasteiger partial charge is 0.273 e. The second kappa shape index (κ2) is 5.96. The van der Waals surface area contributed by atoms with E-state index in [-0.39, 0.29) is 5.91 Å². The number of amides is 1. The first-order valence-corrected chi connectivity index (χ1v) is 7.92. The number of fused-ring (bicyclic) bond motifs is 1. The fraction of sp³-hybridized carbons (Fsp3) is 0.588. The molecule has 0 saturated heterocycles. The van der Waals surface area contributed by atoms with E-state index in [9.17, 15) is 4.79 Å². The number of para-hydroxylation sites is 1. The van der Waals surface area contributed by atoms with E-state index in [0.29, 0.717) is 12.3 Å². The quantitative estimate of drug-likeness (QED) is 0.658. The monoisotopic (exact) mass is 272 g/mol. The lowest BCUT2D eigenvalue weighted by molar-refractivity contribution is -0.118. The van der Waals surface area contributed by atoms with Gasteiger partial charge in [0.25, 0.3) is 0 Å². The molecule has 0 spiro atoms. The van der Waals surface area contributed by atoms with Crippen LogP contribution in [0.2, 0.25) is 0 Å². The van der Waals surface area contributed by atoms with Crippen molar-refractivity contribution < 1.29 is 4.79 Å². The molecule has 1 fully saturated rings. The standard InChI is InChI=1S/C17H24N2O/c18-19-16-9-5-4-8-15(16)14(10-11-17(19)20)12-13-6-2-1-3-7-13/h4-5,8-9,13-14H,1-3,6-7,10-12,18H2. The number of nitrogens with two attached hydrogens (primary N) is 1. The van der Waals surface area contributed by atoms with Gasteiger partial charge < -0.3 is 0 Å². The molecular formula is C17H24N2O. The van der Waals surface area contributed by atoms with Crippen molar-refractivity contribution in [2.24, 2.45) is 11.8 Å². The van der Waals surface area contributed by atoms with Crippen LogP contribution in [-0.4, -0.2) is 5.91 Å². The second-order valence-corrected chi connectivity index (χ2v) is 6.30. The van der Waals surface area contributed by atoms with Gasteiger partial charge in [-0.25, -0.2) is 10.9 Å². The molecule has 20 heavy (non-hydrogen) atoms. The van der Waals surface area contributed by atoms with Gasteiger partial charge in [0.15, 0.2) is 0 Å². The lowest BCUT2D eigenvalue weighted by atomic mass is 9.79. The summed E-state index contributed by atoms with van der Waals surface area (Å²) in [5.74, 6) is 7.34. The average molecular weight is 272 g/mol. The number of hydrogen-bond donors (Lipinski definition) is 1. The van der Waals surface area contributed by atoms with Crippen LogP contribution in [-0.2, 0) is 4.79 Å². The van der Waals surface area contributed by atoms with E-state index in [1.165, 1.54) is 49.1 Å². The van der Waals surface area contributed by atoms with E-state index in [0.717, 1.165) is 18.0 Å². The molecule has 0 radical (unpaired) electrons. The summed E-state index contributed by atoms with van der Waals surface area (Å²) >= 11 is 0. The van der Waals surface area contributed by atoms with Gasteiger partial charge in [-0.15, -0.1) is 0 Å². The van der Waals surface area contributed by atoms with E-state index in [1.807, 2.05) is 12.1 Å². The number of hydrogen-bond acceptors (Lipinski definition) is 2. The van der Waals surface area contributed by atoms with Crippen LogP contribution < -0.4 is 10.9 Å². The molecule has 1 saturated carbocycles. The number of hydrazine groups is 1. The van der Waals surface area contributed by atoms with Crippen molar-refractivity contribution in [3.63, 3.8) is 0 Å². The van der Waals surface area contributed by atoms with E-state index in [2.05, 4.69) is 12.1 Å². The maximum atomic E-state index is 12.0. The molecule has 3 nitrogen and oxygen atoms in total.